The van der Waals surface area contributed by atoms with Crippen LogP contribution in [0.1, 0.15) is 6.42 Å². The van der Waals surface area contributed by atoms with Crippen LogP contribution in [0, 0.1) is 0 Å². The van der Waals surface area contributed by atoms with E-state index < -0.39 is 39.6 Å². The Morgan fingerprint density at radius 3 is 2.08 bits per heavy atom. The molecule has 0 aromatic carbocycles. The highest BCUT2D eigenvalue weighted by atomic mass is 32.2. The van der Waals surface area contributed by atoms with Crippen LogP contribution in [0.15, 0.2) is 0 Å². The van der Waals surface area contributed by atoms with Crippen molar-refractivity contribution in [3.63, 3.8) is 0 Å². The van der Waals surface area contributed by atoms with Gasteiger partial charge in [-0.1, -0.05) is 0 Å². The molecule has 0 bridgehead atoms. The van der Waals surface area contributed by atoms with Gasteiger partial charge in [0.15, 0.2) is 15.5 Å². The van der Waals surface area contributed by atoms with Crippen molar-refractivity contribution in [2.24, 2.45) is 0 Å². The van der Waals surface area contributed by atoms with Gasteiger partial charge in [-0.25, -0.2) is 26.0 Å². The highest BCUT2D eigenvalue weighted by molar-refractivity contribution is 7.92. The summed E-state index contributed by atoms with van der Waals surface area (Å²) in [4.78, 5) is 0. The second-order valence-electron chi connectivity index (χ2n) is 2.76. The van der Waals surface area contributed by atoms with E-state index in [1.807, 2.05) is 0 Å². The first-order chi connectivity index (χ1) is 5.28. The van der Waals surface area contributed by atoms with E-state index in [1.54, 1.807) is 0 Å². The zero-order valence-corrected chi connectivity index (χ0v) is 6.62. The summed E-state index contributed by atoms with van der Waals surface area (Å²) in [6, 6.07) is 0. The van der Waals surface area contributed by atoms with Crippen molar-refractivity contribution in [1.29, 1.82) is 0 Å². The minimum atomic E-state index is -4.30. The molecule has 1 saturated heterocycles. The third-order valence-electron chi connectivity index (χ3n) is 1.72. The van der Waals surface area contributed by atoms with E-state index >= 15 is 0 Å². The predicted molar refractivity (Wildman–Crippen MR) is 33.1 cm³/mol. The van der Waals surface area contributed by atoms with E-state index in [4.69, 9.17) is 0 Å². The van der Waals surface area contributed by atoms with Gasteiger partial charge in [-0.3, -0.25) is 0 Å². The van der Waals surface area contributed by atoms with Crippen LogP contribution >= 0.6 is 0 Å². The Bertz CT molecular complexity index is 275. The molecular formula is C5H6F4O2S. The molecule has 1 aliphatic heterocycles. The monoisotopic (exact) mass is 206 g/mol. The zero-order valence-electron chi connectivity index (χ0n) is 5.81. The van der Waals surface area contributed by atoms with Crippen LogP contribution in [-0.2, 0) is 9.84 Å². The molecular weight excluding hydrogens is 200 g/mol. The molecule has 0 aromatic rings. The number of hydrogen-bond donors (Lipinski definition) is 0. The molecule has 1 heterocycles. The maximum absolute atomic E-state index is 12.8. The molecule has 7 heteroatoms. The fraction of sp³-hybridized carbons (Fsp3) is 1.00. The van der Waals surface area contributed by atoms with Gasteiger partial charge in [-0.05, 0) is 0 Å². The third-order valence-corrected chi connectivity index (χ3v) is 3.55. The van der Waals surface area contributed by atoms with Crippen LogP contribution in [0.5, 0.6) is 0 Å². The lowest BCUT2D eigenvalue weighted by Crippen LogP contribution is -2.33. The second kappa shape index (κ2) is 2.58. The number of halogens is 4. The first-order valence-corrected chi connectivity index (χ1v) is 4.82. The summed E-state index contributed by atoms with van der Waals surface area (Å²) < 4.78 is 69.9. The molecule has 12 heavy (non-hydrogen) atoms. The van der Waals surface area contributed by atoms with Crippen molar-refractivity contribution in [2.45, 2.75) is 24.0 Å². The lowest BCUT2D eigenvalue weighted by Gasteiger charge is -2.14. The molecule has 2 unspecified atom stereocenters. The summed E-state index contributed by atoms with van der Waals surface area (Å²) in [5, 5.41) is 0. The van der Waals surface area contributed by atoms with E-state index in [-0.39, 0.29) is 0 Å². The van der Waals surface area contributed by atoms with E-state index in [0.29, 0.717) is 0 Å². The molecule has 0 radical (unpaired) electrons. The van der Waals surface area contributed by atoms with Crippen LogP contribution in [0.25, 0.3) is 0 Å². The van der Waals surface area contributed by atoms with Gasteiger partial charge in [-0.2, -0.15) is 0 Å². The van der Waals surface area contributed by atoms with Gasteiger partial charge in [0, 0.05) is 6.42 Å². The molecule has 0 amide bonds. The molecule has 2 atom stereocenters. The normalized spacial score (nSPS) is 40.6. The molecule has 0 saturated carbocycles. The van der Waals surface area contributed by atoms with Crippen molar-refractivity contribution >= 4 is 9.84 Å². The molecule has 0 aromatic heterocycles. The summed E-state index contributed by atoms with van der Waals surface area (Å²) >= 11 is 0. The largest absolute Gasteiger partial charge is 0.273 e. The summed E-state index contributed by atoms with van der Waals surface area (Å²) in [6.07, 6.45) is -4.71. The summed E-state index contributed by atoms with van der Waals surface area (Å²) in [7, 11) is -4.30. The quantitative estimate of drug-likeness (QED) is 0.601. The standard InChI is InChI=1S/C5H6F4O2S/c6-3-1-5(9,4(7)8)2-12(3,10)11/h3-4H,1-2H2. The smallest absolute Gasteiger partial charge is 0.236 e. The summed E-state index contributed by atoms with van der Waals surface area (Å²) in [6.45, 7) is 0. The Hall–Kier alpha value is -0.330. The van der Waals surface area contributed by atoms with Gasteiger partial charge in [0.1, 0.15) is 0 Å². The van der Waals surface area contributed by atoms with Gasteiger partial charge >= 0.3 is 0 Å². The number of rotatable bonds is 1. The van der Waals surface area contributed by atoms with Crippen molar-refractivity contribution in [3.8, 4) is 0 Å². The third kappa shape index (κ3) is 1.41. The first kappa shape index (κ1) is 9.76. The summed E-state index contributed by atoms with van der Waals surface area (Å²) in [5.74, 6) is -1.42. The van der Waals surface area contributed by atoms with E-state index in [2.05, 4.69) is 0 Å². The van der Waals surface area contributed by atoms with Crippen LogP contribution in [-0.4, -0.2) is 31.8 Å². The van der Waals surface area contributed by atoms with Gasteiger partial charge in [0.2, 0.25) is 5.50 Å². The molecule has 0 aliphatic carbocycles. The second-order valence-corrected chi connectivity index (χ2v) is 4.88. The van der Waals surface area contributed by atoms with E-state index in [9.17, 15) is 26.0 Å². The minimum absolute atomic E-state index is 1.26. The maximum atomic E-state index is 12.8. The maximum Gasteiger partial charge on any atom is 0.273 e. The van der Waals surface area contributed by atoms with Crippen molar-refractivity contribution in [3.05, 3.63) is 0 Å². The Morgan fingerprint density at radius 2 is 1.92 bits per heavy atom. The average molecular weight is 206 g/mol. The highest BCUT2D eigenvalue weighted by Gasteiger charge is 2.55. The average Bonchev–Trinajstić information content (AvgIpc) is 2.03. The van der Waals surface area contributed by atoms with Gasteiger partial charge in [0.05, 0.1) is 5.75 Å². The van der Waals surface area contributed by atoms with Crippen LogP contribution in [0.3, 0.4) is 0 Å². The van der Waals surface area contributed by atoms with Gasteiger partial charge < -0.3 is 0 Å². The van der Waals surface area contributed by atoms with Crippen LogP contribution < -0.4 is 0 Å². The molecule has 0 spiro atoms. The van der Waals surface area contributed by atoms with E-state index in [0.717, 1.165) is 0 Å². The van der Waals surface area contributed by atoms with E-state index in [1.165, 1.54) is 0 Å². The van der Waals surface area contributed by atoms with Gasteiger partial charge in [0.25, 0.3) is 6.43 Å². The van der Waals surface area contributed by atoms with Gasteiger partial charge in [-0.15, -0.1) is 0 Å². The lowest BCUT2D eigenvalue weighted by molar-refractivity contribution is -0.0239. The highest BCUT2D eigenvalue weighted by Crippen LogP contribution is 2.37. The van der Waals surface area contributed by atoms with Crippen molar-refractivity contribution in [1.82, 2.24) is 0 Å². The molecule has 1 fully saturated rings. The van der Waals surface area contributed by atoms with Crippen LogP contribution in [0.2, 0.25) is 0 Å². The SMILES string of the molecule is O=S1(=O)CC(F)(C(F)F)CC1F. The number of hydrogen-bond acceptors (Lipinski definition) is 2. The number of alkyl halides is 4. The lowest BCUT2D eigenvalue weighted by atomic mass is 10.1. The minimum Gasteiger partial charge on any atom is -0.236 e. The topological polar surface area (TPSA) is 34.1 Å². The Morgan fingerprint density at radius 1 is 1.42 bits per heavy atom. The zero-order chi connectivity index (χ0) is 9.57. The van der Waals surface area contributed by atoms with Crippen molar-refractivity contribution in [2.75, 3.05) is 5.75 Å². The molecule has 1 aliphatic rings. The fourth-order valence-corrected chi connectivity index (χ4v) is 2.65. The molecule has 1 rings (SSSR count). The molecule has 0 N–H and O–H groups in total. The Balaban J connectivity index is 2.93. The number of sulfone groups is 1. The molecule has 2 nitrogen and oxygen atoms in total. The van der Waals surface area contributed by atoms with Crippen molar-refractivity contribution < 1.29 is 26.0 Å². The Labute approximate surface area is 66.5 Å². The fourth-order valence-electron chi connectivity index (χ4n) is 1.03. The predicted octanol–water partition coefficient (Wildman–Crippen LogP) is 1.07. The molecule has 72 valence electrons. The first-order valence-electron chi connectivity index (χ1n) is 3.11. The summed E-state index contributed by atoms with van der Waals surface area (Å²) in [5.41, 5.74) is -5.69. The Kier molecular flexibility index (Phi) is 2.10. The van der Waals surface area contributed by atoms with Crippen LogP contribution in [0.4, 0.5) is 17.6 Å².